The smallest absolute Gasteiger partial charge is 0.0452 e. The van der Waals surface area contributed by atoms with Gasteiger partial charge < -0.3 is 10.7 Å². The minimum absolute atomic E-state index is 0.307. The van der Waals surface area contributed by atoms with Crippen LogP contribution in [0.3, 0.4) is 0 Å². The van der Waals surface area contributed by atoms with Crippen LogP contribution in [-0.2, 0) is 6.42 Å². The molecular formula is C22H30N4. The van der Waals surface area contributed by atoms with Crippen molar-refractivity contribution in [2.75, 3.05) is 6.54 Å². The Morgan fingerprint density at radius 3 is 2.46 bits per heavy atom. The number of hydrogen-bond acceptors (Lipinski definition) is 4. The molecule has 0 spiro atoms. The highest BCUT2D eigenvalue weighted by Crippen LogP contribution is 2.20. The molecule has 2 heterocycles. The van der Waals surface area contributed by atoms with Crippen LogP contribution < -0.4 is 5.32 Å². The first-order chi connectivity index (χ1) is 12.5. The number of nitrogens with one attached hydrogen (secondary N) is 2. The summed E-state index contributed by atoms with van der Waals surface area (Å²) >= 11 is 0. The summed E-state index contributed by atoms with van der Waals surface area (Å²) in [5.41, 5.74) is 4.52. The highest BCUT2D eigenvalue weighted by molar-refractivity contribution is 5.75. The van der Waals surface area contributed by atoms with Gasteiger partial charge in [-0.15, -0.1) is 0 Å². The highest BCUT2D eigenvalue weighted by atomic mass is 14.8. The Balaban J connectivity index is 1.98. The zero-order valence-corrected chi connectivity index (χ0v) is 16.2. The van der Waals surface area contributed by atoms with Crippen LogP contribution >= 0.6 is 0 Å². The number of allylic oxidation sites excluding steroid dienone is 1. The van der Waals surface area contributed by atoms with E-state index in [0.717, 1.165) is 29.9 Å². The third-order valence-corrected chi connectivity index (χ3v) is 4.65. The fourth-order valence-corrected chi connectivity index (χ4v) is 2.84. The molecule has 0 saturated heterocycles. The van der Waals surface area contributed by atoms with Gasteiger partial charge in [0, 0.05) is 48.7 Å². The van der Waals surface area contributed by atoms with E-state index in [1.54, 1.807) is 0 Å². The van der Waals surface area contributed by atoms with Crippen LogP contribution in [0.4, 0.5) is 0 Å². The van der Waals surface area contributed by atoms with Gasteiger partial charge >= 0.3 is 0 Å². The third-order valence-electron chi connectivity index (χ3n) is 4.65. The lowest BCUT2D eigenvalue weighted by Gasteiger charge is -2.15. The molecule has 0 aromatic carbocycles. The van der Waals surface area contributed by atoms with Gasteiger partial charge in [-0.05, 0) is 53.7 Å². The lowest BCUT2D eigenvalue weighted by atomic mass is 9.96. The quantitative estimate of drug-likeness (QED) is 0.644. The van der Waals surface area contributed by atoms with Gasteiger partial charge in [0.2, 0.25) is 0 Å². The van der Waals surface area contributed by atoms with E-state index < -0.39 is 0 Å². The summed E-state index contributed by atoms with van der Waals surface area (Å²) in [6.07, 6.45) is 7.97. The van der Waals surface area contributed by atoms with Crippen molar-refractivity contribution in [2.45, 2.75) is 46.0 Å². The van der Waals surface area contributed by atoms with Crippen molar-refractivity contribution in [1.82, 2.24) is 15.3 Å². The normalized spacial score (nSPS) is 14.1. The van der Waals surface area contributed by atoms with Crippen LogP contribution in [0, 0.1) is 11.3 Å². The van der Waals surface area contributed by atoms with Gasteiger partial charge in [0.1, 0.15) is 0 Å². The topological polar surface area (TPSA) is 61.7 Å². The Bertz CT molecular complexity index is 722. The summed E-state index contributed by atoms with van der Waals surface area (Å²) in [6.45, 7) is 9.40. The Labute approximate surface area is 157 Å². The summed E-state index contributed by atoms with van der Waals surface area (Å²) in [6, 6.07) is 10.4. The first-order valence-corrected chi connectivity index (χ1v) is 9.31. The minimum Gasteiger partial charge on any atom is -0.390 e. The maximum Gasteiger partial charge on any atom is 0.0452 e. The summed E-state index contributed by atoms with van der Waals surface area (Å²) in [4.78, 5) is 8.96. The van der Waals surface area contributed by atoms with E-state index in [2.05, 4.69) is 68.3 Å². The molecule has 26 heavy (non-hydrogen) atoms. The molecule has 2 aromatic heterocycles. The fourth-order valence-electron chi connectivity index (χ4n) is 2.84. The second kappa shape index (κ2) is 9.85. The molecule has 2 N–H and O–H groups in total. The molecule has 2 unspecified atom stereocenters. The number of rotatable bonds is 9. The first kappa shape index (κ1) is 19.8. The first-order valence-electron chi connectivity index (χ1n) is 9.31. The SMILES string of the molecule is CC(C)/C(C=N)=C/NCC(C)c1cccc(CC(C)c2ccncc2)n1. The second-order valence-electron chi connectivity index (χ2n) is 7.19. The molecular weight excluding hydrogens is 320 g/mol. The molecule has 0 bridgehead atoms. The summed E-state index contributed by atoms with van der Waals surface area (Å²) in [7, 11) is 0. The third kappa shape index (κ3) is 5.80. The van der Waals surface area contributed by atoms with Crippen LogP contribution in [0.1, 0.15) is 56.5 Å². The van der Waals surface area contributed by atoms with E-state index >= 15 is 0 Å². The number of pyridine rings is 2. The molecule has 0 aliphatic carbocycles. The maximum absolute atomic E-state index is 7.45. The van der Waals surface area contributed by atoms with Crippen molar-refractivity contribution >= 4 is 6.21 Å². The zero-order valence-electron chi connectivity index (χ0n) is 16.2. The Morgan fingerprint density at radius 2 is 1.81 bits per heavy atom. The molecule has 2 aromatic rings. The Hall–Kier alpha value is -2.49. The van der Waals surface area contributed by atoms with Gasteiger partial charge in [-0.25, -0.2) is 0 Å². The fraction of sp³-hybridized carbons (Fsp3) is 0.409. The van der Waals surface area contributed by atoms with Crippen LogP contribution in [0.2, 0.25) is 0 Å². The van der Waals surface area contributed by atoms with Crippen molar-refractivity contribution < 1.29 is 0 Å². The molecule has 0 fully saturated rings. The zero-order chi connectivity index (χ0) is 18.9. The van der Waals surface area contributed by atoms with Crippen molar-refractivity contribution in [2.24, 2.45) is 5.92 Å². The molecule has 2 rings (SSSR count). The Morgan fingerprint density at radius 1 is 1.08 bits per heavy atom. The monoisotopic (exact) mass is 350 g/mol. The average Bonchev–Trinajstić information content (AvgIpc) is 2.65. The molecule has 2 atom stereocenters. The van der Waals surface area contributed by atoms with Crippen molar-refractivity contribution in [3.05, 3.63) is 71.4 Å². The van der Waals surface area contributed by atoms with Crippen LogP contribution in [-0.4, -0.2) is 22.7 Å². The van der Waals surface area contributed by atoms with Crippen molar-refractivity contribution in [3.8, 4) is 0 Å². The predicted octanol–water partition coefficient (Wildman–Crippen LogP) is 4.71. The largest absolute Gasteiger partial charge is 0.390 e. The molecule has 4 nitrogen and oxygen atoms in total. The second-order valence-corrected chi connectivity index (χ2v) is 7.19. The predicted molar refractivity (Wildman–Crippen MR) is 109 cm³/mol. The van der Waals surface area contributed by atoms with Gasteiger partial charge in [0.15, 0.2) is 0 Å². The minimum atomic E-state index is 0.307. The van der Waals surface area contributed by atoms with E-state index in [9.17, 15) is 0 Å². The highest BCUT2D eigenvalue weighted by Gasteiger charge is 2.11. The summed E-state index contributed by atoms with van der Waals surface area (Å²) in [5.74, 6) is 1.08. The van der Waals surface area contributed by atoms with Gasteiger partial charge in [0.05, 0.1) is 0 Å². The molecule has 0 saturated carbocycles. The average molecular weight is 351 g/mol. The van der Waals surface area contributed by atoms with E-state index in [4.69, 9.17) is 10.4 Å². The number of aromatic nitrogens is 2. The maximum atomic E-state index is 7.45. The summed E-state index contributed by atoms with van der Waals surface area (Å²) < 4.78 is 0. The van der Waals surface area contributed by atoms with Crippen LogP contribution in [0.15, 0.2) is 54.5 Å². The Kier molecular flexibility index (Phi) is 7.52. The molecule has 0 aliphatic rings. The van der Waals surface area contributed by atoms with E-state index in [0.29, 0.717) is 17.8 Å². The molecule has 0 amide bonds. The van der Waals surface area contributed by atoms with Gasteiger partial charge in [-0.3, -0.25) is 9.97 Å². The standard InChI is InChI=1S/C22H30N4/c1-16(2)20(13-23)15-25-14-18(4)22-7-5-6-21(26-22)12-17(3)19-8-10-24-11-9-19/h5-11,13,15-18,23,25H,12,14H2,1-4H3/b20-15+,23-13?. The van der Waals surface area contributed by atoms with Crippen LogP contribution in [0.25, 0.3) is 0 Å². The van der Waals surface area contributed by atoms with E-state index in [1.165, 1.54) is 11.8 Å². The van der Waals surface area contributed by atoms with Gasteiger partial charge in [0.25, 0.3) is 0 Å². The van der Waals surface area contributed by atoms with E-state index in [1.807, 2.05) is 18.6 Å². The molecule has 0 aliphatic heterocycles. The van der Waals surface area contributed by atoms with Gasteiger partial charge in [-0.2, -0.15) is 0 Å². The molecule has 138 valence electrons. The van der Waals surface area contributed by atoms with E-state index in [-0.39, 0.29) is 0 Å². The van der Waals surface area contributed by atoms with Crippen LogP contribution in [0.5, 0.6) is 0 Å². The number of nitrogens with zero attached hydrogens (tertiary/aromatic N) is 2. The summed E-state index contributed by atoms with van der Waals surface area (Å²) in [5, 5.41) is 10.8. The van der Waals surface area contributed by atoms with Crippen molar-refractivity contribution in [1.29, 1.82) is 5.41 Å². The van der Waals surface area contributed by atoms with Crippen molar-refractivity contribution in [3.63, 3.8) is 0 Å². The molecule has 4 heteroatoms. The van der Waals surface area contributed by atoms with Gasteiger partial charge in [-0.1, -0.05) is 33.8 Å². The lowest BCUT2D eigenvalue weighted by Crippen LogP contribution is -2.17. The lowest BCUT2D eigenvalue weighted by molar-refractivity contribution is 0.662. The number of hydrogen-bond donors (Lipinski definition) is 2. The molecule has 0 radical (unpaired) electrons.